The Morgan fingerprint density at radius 3 is 2.40 bits per heavy atom. The van der Waals surface area contributed by atoms with Gasteiger partial charge in [-0.1, -0.05) is 6.07 Å². The molecule has 0 saturated carbocycles. The molecular weight excluding hydrogens is 554 g/mol. The van der Waals surface area contributed by atoms with Crippen molar-refractivity contribution in [1.82, 2.24) is 29.7 Å². The lowest BCUT2D eigenvalue weighted by Gasteiger charge is -2.40. The predicted molar refractivity (Wildman–Crippen MR) is 157 cm³/mol. The molecular formula is C30H33N7O6. The van der Waals surface area contributed by atoms with Crippen LogP contribution < -0.4 is 29.2 Å². The number of methoxy groups -OCH3 is 3. The Morgan fingerprint density at radius 1 is 0.930 bits per heavy atom. The Balaban J connectivity index is 1.38. The van der Waals surface area contributed by atoms with Crippen LogP contribution in [0.15, 0.2) is 67.3 Å². The van der Waals surface area contributed by atoms with E-state index in [0.29, 0.717) is 47.9 Å². The summed E-state index contributed by atoms with van der Waals surface area (Å²) in [7, 11) is 4.69. The number of hydrogen-bond donors (Lipinski definition) is 1. The number of aryl methyl sites for hydroxylation is 1. The third-order valence-corrected chi connectivity index (χ3v) is 6.98. The van der Waals surface area contributed by atoms with Crippen molar-refractivity contribution < 1.29 is 28.5 Å². The van der Waals surface area contributed by atoms with Gasteiger partial charge in [0.05, 0.1) is 27.9 Å². The van der Waals surface area contributed by atoms with Crippen molar-refractivity contribution >= 4 is 17.8 Å². The van der Waals surface area contributed by atoms with E-state index < -0.39 is 12.1 Å². The van der Waals surface area contributed by atoms with E-state index in [1.165, 1.54) is 4.90 Å². The number of anilines is 1. The summed E-state index contributed by atoms with van der Waals surface area (Å²) in [6.45, 7) is 2.84. The molecule has 2 aromatic carbocycles. The molecule has 1 aliphatic rings. The maximum absolute atomic E-state index is 13.8. The zero-order valence-electron chi connectivity index (χ0n) is 24.4. The van der Waals surface area contributed by atoms with Gasteiger partial charge in [-0.25, -0.2) is 14.8 Å². The first-order chi connectivity index (χ1) is 20.9. The molecule has 1 N–H and O–H groups in total. The van der Waals surface area contributed by atoms with Gasteiger partial charge in [-0.3, -0.25) is 9.36 Å². The van der Waals surface area contributed by atoms with Gasteiger partial charge in [0, 0.05) is 43.8 Å². The van der Waals surface area contributed by atoms with Crippen LogP contribution in [0.3, 0.4) is 0 Å². The standard InChI is InChI=1S/C30H33N7O6/c1-20-15-27(34-29(33-20)36-12-11-31-19-36)37-14-13-35(30(39)43-23-8-6-22(40-2)7-9-23)18-24(37)28(38)32-17-21-5-10-25(41-3)26(16-21)42-4/h5-12,15-16,19,24H,13-14,17-18H2,1-4H3,(H,32,38). The SMILES string of the molecule is COc1ccc(OC(=O)N2CCN(c3cc(C)nc(-n4ccnc4)n3)C(C(=O)NCc3ccc(OC)c(OC)c3)C2)cc1. The van der Waals surface area contributed by atoms with E-state index >= 15 is 0 Å². The summed E-state index contributed by atoms with van der Waals surface area (Å²) < 4.78 is 23.2. The van der Waals surface area contributed by atoms with E-state index in [-0.39, 0.29) is 19.0 Å². The quantitative estimate of drug-likeness (QED) is 0.312. The summed E-state index contributed by atoms with van der Waals surface area (Å²) in [6.07, 6.45) is 4.45. The van der Waals surface area contributed by atoms with Gasteiger partial charge in [-0.2, -0.15) is 4.98 Å². The first-order valence-electron chi connectivity index (χ1n) is 13.6. The molecule has 3 heterocycles. The fourth-order valence-electron chi connectivity index (χ4n) is 4.73. The first kappa shape index (κ1) is 29.2. The van der Waals surface area contributed by atoms with E-state index in [4.69, 9.17) is 23.9 Å². The number of piperazine rings is 1. The van der Waals surface area contributed by atoms with E-state index in [9.17, 15) is 9.59 Å². The van der Waals surface area contributed by atoms with Crippen LogP contribution in [0.1, 0.15) is 11.3 Å². The van der Waals surface area contributed by atoms with E-state index in [2.05, 4.69) is 15.3 Å². The molecule has 0 radical (unpaired) electrons. The van der Waals surface area contributed by atoms with Gasteiger partial charge in [-0.15, -0.1) is 0 Å². The zero-order chi connectivity index (χ0) is 30.3. The summed E-state index contributed by atoms with van der Waals surface area (Å²) in [6, 6.07) is 13.2. The Bertz CT molecular complexity index is 1560. The molecule has 0 aliphatic carbocycles. The molecule has 1 unspecified atom stereocenters. The Hall–Kier alpha value is -5.33. The maximum atomic E-state index is 13.8. The normalized spacial score (nSPS) is 14.7. The zero-order valence-corrected chi connectivity index (χ0v) is 24.4. The van der Waals surface area contributed by atoms with Crippen molar-refractivity contribution in [3.63, 3.8) is 0 Å². The van der Waals surface area contributed by atoms with Crippen LogP contribution in [0.25, 0.3) is 5.95 Å². The van der Waals surface area contributed by atoms with Gasteiger partial charge in [0.2, 0.25) is 11.9 Å². The molecule has 13 heteroatoms. The minimum absolute atomic E-state index is 0.0796. The molecule has 1 saturated heterocycles. The van der Waals surface area contributed by atoms with Gasteiger partial charge in [0.15, 0.2) is 11.5 Å². The predicted octanol–water partition coefficient (Wildman–Crippen LogP) is 3.00. The van der Waals surface area contributed by atoms with E-state index in [0.717, 1.165) is 11.3 Å². The fraction of sp³-hybridized carbons (Fsp3) is 0.300. The van der Waals surface area contributed by atoms with Crippen molar-refractivity contribution in [2.45, 2.75) is 19.5 Å². The lowest BCUT2D eigenvalue weighted by atomic mass is 10.1. The summed E-state index contributed by atoms with van der Waals surface area (Å²) in [4.78, 5) is 43.7. The second-order valence-corrected chi connectivity index (χ2v) is 9.74. The number of carbonyl (C=O) groups excluding carboxylic acids is 2. The lowest BCUT2D eigenvalue weighted by Crippen LogP contribution is -2.60. The van der Waals surface area contributed by atoms with Gasteiger partial charge in [0.25, 0.3) is 0 Å². The summed E-state index contributed by atoms with van der Waals surface area (Å²) in [5.41, 5.74) is 1.55. The summed E-state index contributed by atoms with van der Waals surface area (Å²) in [5, 5.41) is 3.01. The third-order valence-electron chi connectivity index (χ3n) is 6.98. The number of hydrogen-bond acceptors (Lipinski definition) is 10. The van der Waals surface area contributed by atoms with E-state index in [1.807, 2.05) is 24.0 Å². The van der Waals surface area contributed by atoms with E-state index in [1.54, 1.807) is 81.0 Å². The minimum Gasteiger partial charge on any atom is -0.497 e. The highest BCUT2D eigenvalue weighted by Gasteiger charge is 2.36. The number of nitrogens with one attached hydrogen (secondary N) is 1. The van der Waals surface area contributed by atoms with Crippen molar-refractivity contribution in [1.29, 1.82) is 0 Å². The molecule has 5 rings (SSSR count). The molecule has 1 atom stereocenters. The number of aromatic nitrogens is 4. The largest absolute Gasteiger partial charge is 0.497 e. The highest BCUT2D eigenvalue weighted by atomic mass is 16.6. The van der Waals surface area contributed by atoms with Crippen molar-refractivity contribution in [3.8, 4) is 28.9 Å². The molecule has 1 fully saturated rings. The summed E-state index contributed by atoms with van der Waals surface area (Å²) in [5.74, 6) is 2.88. The second kappa shape index (κ2) is 13.1. The molecule has 4 aromatic rings. The smallest absolute Gasteiger partial charge is 0.415 e. The highest BCUT2D eigenvalue weighted by molar-refractivity contribution is 5.86. The molecule has 43 heavy (non-hydrogen) atoms. The molecule has 2 aromatic heterocycles. The van der Waals surface area contributed by atoms with Gasteiger partial charge in [0.1, 0.15) is 29.7 Å². The molecule has 224 valence electrons. The average Bonchev–Trinajstić information content (AvgIpc) is 3.58. The third kappa shape index (κ3) is 6.77. The number of imidazole rings is 1. The minimum atomic E-state index is -0.762. The number of benzene rings is 2. The monoisotopic (exact) mass is 587 g/mol. The van der Waals surface area contributed by atoms with Crippen LogP contribution >= 0.6 is 0 Å². The van der Waals surface area contributed by atoms with Crippen LogP contribution in [-0.2, 0) is 11.3 Å². The molecule has 1 aliphatic heterocycles. The van der Waals surface area contributed by atoms with Crippen LogP contribution in [0.5, 0.6) is 23.0 Å². The van der Waals surface area contributed by atoms with Crippen LogP contribution in [-0.4, -0.2) is 83.4 Å². The Kier molecular flexibility index (Phi) is 8.89. The van der Waals surface area contributed by atoms with Gasteiger partial charge in [-0.05, 0) is 48.9 Å². The molecule has 0 spiro atoms. The first-order valence-corrected chi connectivity index (χ1v) is 13.6. The number of carbonyl (C=O) groups is 2. The van der Waals surface area contributed by atoms with Gasteiger partial charge >= 0.3 is 6.09 Å². The van der Waals surface area contributed by atoms with Crippen molar-refractivity contribution in [3.05, 3.63) is 78.5 Å². The number of rotatable bonds is 9. The topological polar surface area (TPSA) is 133 Å². The number of ether oxygens (including phenoxy) is 4. The van der Waals surface area contributed by atoms with Crippen LogP contribution in [0, 0.1) is 6.92 Å². The second-order valence-electron chi connectivity index (χ2n) is 9.74. The highest BCUT2D eigenvalue weighted by Crippen LogP contribution is 2.28. The molecule has 2 amide bonds. The number of amides is 2. The summed E-state index contributed by atoms with van der Waals surface area (Å²) >= 11 is 0. The van der Waals surface area contributed by atoms with Gasteiger partial charge < -0.3 is 34.1 Å². The molecule has 13 nitrogen and oxygen atoms in total. The fourth-order valence-corrected chi connectivity index (χ4v) is 4.73. The Labute approximate surface area is 249 Å². The number of nitrogens with zero attached hydrogens (tertiary/aromatic N) is 6. The van der Waals surface area contributed by atoms with Crippen LogP contribution in [0.4, 0.5) is 10.6 Å². The molecule has 0 bridgehead atoms. The average molecular weight is 588 g/mol. The maximum Gasteiger partial charge on any atom is 0.415 e. The lowest BCUT2D eigenvalue weighted by molar-refractivity contribution is -0.123. The Morgan fingerprint density at radius 2 is 1.70 bits per heavy atom. The van der Waals surface area contributed by atoms with Crippen LogP contribution in [0.2, 0.25) is 0 Å². The van der Waals surface area contributed by atoms with Crippen molar-refractivity contribution in [2.75, 3.05) is 45.9 Å². The van der Waals surface area contributed by atoms with Crippen molar-refractivity contribution in [2.24, 2.45) is 0 Å².